The zero-order valence-corrected chi connectivity index (χ0v) is 12.5. The van der Waals surface area contributed by atoms with E-state index in [2.05, 4.69) is 20.7 Å². The summed E-state index contributed by atoms with van der Waals surface area (Å²) in [5, 5.41) is 24.4. The number of fused-ring (bicyclic) bond motifs is 1. The molecule has 0 unspecified atom stereocenters. The number of hydrogen-bond acceptors (Lipinski definition) is 8. The molecule has 0 fully saturated rings. The van der Waals surface area contributed by atoms with E-state index in [0.29, 0.717) is 21.6 Å². The highest BCUT2D eigenvalue weighted by atomic mass is 32.2. The van der Waals surface area contributed by atoms with Crippen molar-refractivity contribution in [2.45, 2.75) is 10.9 Å². The smallest absolute Gasteiger partial charge is 0.296 e. The van der Waals surface area contributed by atoms with Gasteiger partial charge in [0.15, 0.2) is 4.34 Å². The summed E-state index contributed by atoms with van der Waals surface area (Å²) in [6, 6.07) is 5.17. The maximum atomic E-state index is 12.2. The molecule has 2 N–H and O–H groups in total. The second-order valence-electron chi connectivity index (χ2n) is 4.01. The molecule has 0 radical (unpaired) electrons. The van der Waals surface area contributed by atoms with Gasteiger partial charge in [-0.15, -0.1) is 10.2 Å². The van der Waals surface area contributed by atoms with Crippen molar-refractivity contribution in [3.05, 3.63) is 29.5 Å². The Morgan fingerprint density at radius 3 is 3.05 bits per heavy atom. The molecule has 0 aliphatic carbocycles. The van der Waals surface area contributed by atoms with Crippen molar-refractivity contribution in [3.8, 4) is 0 Å². The number of carbonyl (C=O) groups excluding carboxylic acids is 1. The molecule has 2 aromatic heterocycles. The molecule has 3 aromatic rings. The molecule has 1 aromatic carbocycles. The summed E-state index contributed by atoms with van der Waals surface area (Å²) in [5.41, 5.74) is 1.09. The number of benzene rings is 1. The van der Waals surface area contributed by atoms with Crippen molar-refractivity contribution in [2.24, 2.45) is 0 Å². The summed E-state index contributed by atoms with van der Waals surface area (Å²) >= 11 is 2.73. The van der Waals surface area contributed by atoms with Gasteiger partial charge in [0.2, 0.25) is 10.9 Å². The summed E-state index contributed by atoms with van der Waals surface area (Å²) in [7, 11) is 0. The SMILES string of the molecule is CSc1nnc(NC(=O)c2onc3c(CO)cccc23)s1. The largest absolute Gasteiger partial charge is 0.392 e. The van der Waals surface area contributed by atoms with Gasteiger partial charge < -0.3 is 9.63 Å². The lowest BCUT2D eigenvalue weighted by molar-refractivity contribution is 0.0990. The molecule has 108 valence electrons. The zero-order chi connectivity index (χ0) is 14.8. The lowest BCUT2D eigenvalue weighted by Gasteiger charge is -1.98. The van der Waals surface area contributed by atoms with Gasteiger partial charge in [0, 0.05) is 5.56 Å². The molecular weight excluding hydrogens is 312 g/mol. The van der Waals surface area contributed by atoms with Crippen LogP contribution in [0.1, 0.15) is 16.1 Å². The molecule has 0 spiro atoms. The average Bonchev–Trinajstić information content (AvgIpc) is 3.12. The first-order chi connectivity index (χ1) is 10.2. The van der Waals surface area contributed by atoms with Crippen molar-refractivity contribution in [1.82, 2.24) is 15.4 Å². The molecule has 3 rings (SSSR count). The molecule has 0 saturated carbocycles. The predicted octanol–water partition coefficient (Wildman–Crippen LogP) is 2.15. The van der Waals surface area contributed by atoms with Crippen molar-refractivity contribution >= 4 is 45.0 Å². The van der Waals surface area contributed by atoms with E-state index >= 15 is 0 Å². The predicted molar refractivity (Wildman–Crippen MR) is 79.6 cm³/mol. The van der Waals surface area contributed by atoms with Gasteiger partial charge >= 0.3 is 0 Å². The Balaban J connectivity index is 1.91. The van der Waals surface area contributed by atoms with Gasteiger partial charge in [0.05, 0.1) is 12.0 Å². The lowest BCUT2D eigenvalue weighted by atomic mass is 10.1. The molecule has 0 aliphatic heterocycles. The van der Waals surface area contributed by atoms with Crippen LogP contribution >= 0.6 is 23.1 Å². The standard InChI is InChI=1S/C12H10N4O3S2/c1-20-12-15-14-11(21-12)13-10(18)9-7-4-2-3-6(5-17)8(7)16-19-9/h2-4,17H,5H2,1H3,(H,13,14,18). The first kappa shape index (κ1) is 14.0. The van der Waals surface area contributed by atoms with Crippen LogP contribution < -0.4 is 5.32 Å². The van der Waals surface area contributed by atoms with E-state index < -0.39 is 5.91 Å². The van der Waals surface area contributed by atoms with Crippen molar-refractivity contribution in [1.29, 1.82) is 0 Å². The number of carbonyl (C=O) groups is 1. The molecule has 0 bridgehead atoms. The van der Waals surface area contributed by atoms with Crippen LogP contribution in [0.2, 0.25) is 0 Å². The third-order valence-electron chi connectivity index (χ3n) is 2.77. The van der Waals surface area contributed by atoms with Gasteiger partial charge in [-0.3, -0.25) is 10.1 Å². The fourth-order valence-electron chi connectivity index (χ4n) is 1.81. The second-order valence-corrected chi connectivity index (χ2v) is 6.05. The van der Waals surface area contributed by atoms with Crippen LogP contribution in [0.4, 0.5) is 5.13 Å². The summed E-state index contributed by atoms with van der Waals surface area (Å²) < 4.78 is 5.86. The van der Waals surface area contributed by atoms with Crippen LogP contribution in [0.3, 0.4) is 0 Å². The number of anilines is 1. The van der Waals surface area contributed by atoms with E-state index in [1.807, 2.05) is 6.26 Å². The number of hydrogen-bond donors (Lipinski definition) is 2. The minimum atomic E-state index is -0.448. The molecule has 0 saturated heterocycles. The maximum absolute atomic E-state index is 12.2. The third-order valence-corrected chi connectivity index (χ3v) is 4.58. The van der Waals surface area contributed by atoms with Gasteiger partial charge in [-0.05, 0) is 12.3 Å². The summed E-state index contributed by atoms with van der Waals surface area (Å²) in [5.74, 6) is -0.363. The van der Waals surface area contributed by atoms with E-state index in [1.54, 1.807) is 18.2 Å². The second kappa shape index (κ2) is 5.80. The van der Waals surface area contributed by atoms with Gasteiger partial charge in [0.25, 0.3) is 5.91 Å². The van der Waals surface area contributed by atoms with E-state index in [1.165, 1.54) is 23.1 Å². The molecule has 7 nitrogen and oxygen atoms in total. The van der Waals surface area contributed by atoms with Crippen molar-refractivity contribution in [3.63, 3.8) is 0 Å². The average molecular weight is 322 g/mol. The van der Waals surface area contributed by atoms with E-state index in [0.717, 1.165) is 4.34 Å². The Bertz CT molecular complexity index is 799. The highest BCUT2D eigenvalue weighted by Crippen LogP contribution is 2.25. The van der Waals surface area contributed by atoms with Gasteiger partial charge in [-0.2, -0.15) is 0 Å². The monoisotopic (exact) mass is 322 g/mol. The van der Waals surface area contributed by atoms with E-state index in [-0.39, 0.29) is 12.4 Å². The first-order valence-electron chi connectivity index (χ1n) is 5.90. The van der Waals surface area contributed by atoms with Crippen LogP contribution in [0, 0.1) is 0 Å². The van der Waals surface area contributed by atoms with Crippen molar-refractivity contribution in [2.75, 3.05) is 11.6 Å². The summed E-state index contributed by atoms with van der Waals surface area (Å²) in [6.45, 7) is -0.168. The fraction of sp³-hybridized carbons (Fsp3) is 0.167. The molecule has 0 aliphatic rings. The minimum Gasteiger partial charge on any atom is -0.392 e. The fourth-order valence-corrected chi connectivity index (χ4v) is 2.98. The van der Waals surface area contributed by atoms with Crippen LogP contribution in [-0.2, 0) is 6.61 Å². The van der Waals surface area contributed by atoms with Gasteiger partial charge in [-0.25, -0.2) is 0 Å². The highest BCUT2D eigenvalue weighted by molar-refractivity contribution is 8.00. The van der Waals surface area contributed by atoms with E-state index in [4.69, 9.17) is 4.52 Å². The first-order valence-corrected chi connectivity index (χ1v) is 7.94. The number of nitrogens with zero attached hydrogens (tertiary/aromatic N) is 3. The zero-order valence-electron chi connectivity index (χ0n) is 10.9. The Labute approximate surface area is 127 Å². The van der Waals surface area contributed by atoms with Crippen molar-refractivity contribution < 1.29 is 14.4 Å². The van der Waals surface area contributed by atoms with Gasteiger partial charge in [0.1, 0.15) is 5.52 Å². The number of aliphatic hydroxyl groups is 1. The minimum absolute atomic E-state index is 0.0844. The third kappa shape index (κ3) is 2.62. The van der Waals surface area contributed by atoms with Crippen LogP contribution in [-0.4, -0.2) is 32.6 Å². The quantitative estimate of drug-likeness (QED) is 0.560. The van der Waals surface area contributed by atoms with E-state index in [9.17, 15) is 9.90 Å². The molecule has 1 amide bonds. The topological polar surface area (TPSA) is 101 Å². The summed E-state index contributed by atoms with van der Waals surface area (Å²) in [4.78, 5) is 12.2. The lowest BCUT2D eigenvalue weighted by Crippen LogP contribution is -2.11. The normalized spacial score (nSPS) is 11.0. The highest BCUT2D eigenvalue weighted by Gasteiger charge is 2.19. The number of nitrogens with one attached hydrogen (secondary N) is 1. The number of rotatable bonds is 4. The number of aromatic nitrogens is 3. The Hall–Kier alpha value is -1.97. The maximum Gasteiger partial charge on any atom is 0.296 e. The Morgan fingerprint density at radius 1 is 1.48 bits per heavy atom. The molecular formula is C12H10N4O3S2. The molecule has 0 atom stereocenters. The Kier molecular flexibility index (Phi) is 3.86. The number of amides is 1. The molecule has 21 heavy (non-hydrogen) atoms. The van der Waals surface area contributed by atoms with Crippen LogP contribution in [0.25, 0.3) is 10.9 Å². The van der Waals surface area contributed by atoms with Crippen LogP contribution in [0.15, 0.2) is 27.1 Å². The van der Waals surface area contributed by atoms with Crippen LogP contribution in [0.5, 0.6) is 0 Å². The van der Waals surface area contributed by atoms with Gasteiger partial charge in [-0.1, -0.05) is 40.4 Å². The molecule has 2 heterocycles. The number of thioether (sulfide) groups is 1. The molecule has 9 heteroatoms. The number of aliphatic hydroxyl groups excluding tert-OH is 1. The summed E-state index contributed by atoms with van der Waals surface area (Å²) in [6.07, 6.45) is 1.88. The Morgan fingerprint density at radius 2 is 2.33 bits per heavy atom.